The zero-order chi connectivity index (χ0) is 37.1. The third-order valence-electron chi connectivity index (χ3n) is 12.9. The van der Waals surface area contributed by atoms with Gasteiger partial charge in [0.1, 0.15) is 0 Å². The summed E-state index contributed by atoms with van der Waals surface area (Å²) in [5.41, 5.74) is 12.2. The second-order valence-electron chi connectivity index (χ2n) is 16.3. The van der Waals surface area contributed by atoms with Crippen LogP contribution in [0.4, 0.5) is 0 Å². The van der Waals surface area contributed by atoms with Crippen LogP contribution in [0.15, 0.2) is 182 Å². The number of fused-ring (bicyclic) bond motifs is 11. The van der Waals surface area contributed by atoms with E-state index >= 15 is 0 Å². The first-order valence-corrected chi connectivity index (χ1v) is 20.7. The molecule has 1 atom stereocenters. The molecule has 10 aromatic rings. The zero-order valence-electron chi connectivity index (χ0n) is 31.4. The van der Waals surface area contributed by atoms with Gasteiger partial charge in [-0.2, -0.15) is 0 Å². The highest BCUT2D eigenvalue weighted by Crippen LogP contribution is 2.56. The fourth-order valence-corrected chi connectivity index (χ4v) is 11.5. The Morgan fingerprint density at radius 1 is 0.482 bits per heavy atom. The molecule has 0 aliphatic heterocycles. The molecular weight excluding hydrogens is 693 g/mol. The molecule has 0 spiro atoms. The molecule has 0 radical (unpaired) electrons. The van der Waals surface area contributed by atoms with Crippen LogP contribution in [0.5, 0.6) is 0 Å². The maximum Gasteiger partial charge on any atom is 0.0361 e. The lowest BCUT2D eigenvalue weighted by Crippen LogP contribution is -2.17. The van der Waals surface area contributed by atoms with Crippen LogP contribution in [0.1, 0.15) is 42.9 Å². The van der Waals surface area contributed by atoms with Crippen molar-refractivity contribution in [3.05, 3.63) is 198 Å². The van der Waals surface area contributed by atoms with E-state index in [9.17, 15) is 0 Å². The monoisotopic (exact) mass is 730 g/mol. The Morgan fingerprint density at radius 2 is 1.12 bits per heavy atom. The van der Waals surface area contributed by atoms with Crippen molar-refractivity contribution >= 4 is 80.2 Å². The lowest BCUT2D eigenvalue weighted by atomic mass is 9.77. The Morgan fingerprint density at radius 3 is 1.88 bits per heavy atom. The number of hydrogen-bond donors (Lipinski definition) is 0. The summed E-state index contributed by atoms with van der Waals surface area (Å²) in [4.78, 5) is 0. The number of allylic oxidation sites excluding steroid dienone is 4. The van der Waals surface area contributed by atoms with E-state index in [0.717, 1.165) is 6.42 Å². The number of thiophene rings is 1. The van der Waals surface area contributed by atoms with E-state index in [1.807, 2.05) is 11.3 Å². The average Bonchev–Trinajstić information content (AvgIpc) is 3.72. The predicted molar refractivity (Wildman–Crippen MR) is 243 cm³/mol. The van der Waals surface area contributed by atoms with Gasteiger partial charge in [-0.15, -0.1) is 11.3 Å². The van der Waals surface area contributed by atoms with Crippen LogP contribution in [0.3, 0.4) is 0 Å². The van der Waals surface area contributed by atoms with E-state index in [1.54, 1.807) is 0 Å². The molecule has 1 heterocycles. The highest BCUT2D eigenvalue weighted by Gasteiger charge is 2.41. The van der Waals surface area contributed by atoms with Gasteiger partial charge < -0.3 is 0 Å². The quantitative estimate of drug-likeness (QED) is 0.159. The van der Waals surface area contributed by atoms with Crippen molar-refractivity contribution in [2.24, 2.45) is 0 Å². The van der Waals surface area contributed by atoms with Crippen molar-refractivity contribution in [3.8, 4) is 22.3 Å². The standard InChI is InChI=1S/C55H38S/c1-55(2)49-27-25-36(30-47(49)45-26-24-37-31-48-40-16-9-10-21-50(40)56-51(48)32-46(37)54(45)55)35-14-11-15-38(29-35)52-41-17-5-7-19-43(41)53(44-20-8-6-18-42(44)52)39-23-22-33-12-3-4-13-34(33)28-39/h3-24,26-32,36H,25H2,1-2H3. The van der Waals surface area contributed by atoms with E-state index in [2.05, 4.69) is 190 Å². The fourth-order valence-electron chi connectivity index (χ4n) is 10.4. The third kappa shape index (κ3) is 4.59. The van der Waals surface area contributed by atoms with Crippen molar-refractivity contribution in [3.63, 3.8) is 0 Å². The first kappa shape index (κ1) is 32.0. The maximum absolute atomic E-state index is 2.59. The Labute approximate surface area is 330 Å². The second-order valence-corrected chi connectivity index (χ2v) is 17.4. The molecule has 2 aliphatic carbocycles. The molecule has 264 valence electrons. The average molecular weight is 731 g/mol. The SMILES string of the molecule is CC1(C)C2=CCC(c3cccc(-c4c5ccccc5c(-c5ccc6ccccc6c5)c5ccccc45)c3)C=C2c2ccc3cc4c(cc3c21)sc1ccccc14. The van der Waals surface area contributed by atoms with Crippen LogP contribution < -0.4 is 0 Å². The Bertz CT molecular complexity index is 3310. The number of hydrogen-bond acceptors (Lipinski definition) is 1. The molecule has 0 bridgehead atoms. The summed E-state index contributed by atoms with van der Waals surface area (Å²) in [6.07, 6.45) is 6.14. The first-order valence-electron chi connectivity index (χ1n) is 19.9. The largest absolute Gasteiger partial charge is 0.135 e. The van der Waals surface area contributed by atoms with Gasteiger partial charge in [0.2, 0.25) is 0 Å². The molecule has 1 aromatic heterocycles. The zero-order valence-corrected chi connectivity index (χ0v) is 32.3. The van der Waals surface area contributed by atoms with Crippen molar-refractivity contribution < 1.29 is 0 Å². The van der Waals surface area contributed by atoms with Gasteiger partial charge in [-0.1, -0.05) is 166 Å². The van der Waals surface area contributed by atoms with E-state index in [-0.39, 0.29) is 5.41 Å². The van der Waals surface area contributed by atoms with Crippen molar-refractivity contribution in [1.29, 1.82) is 0 Å². The lowest BCUT2D eigenvalue weighted by Gasteiger charge is -2.27. The smallest absolute Gasteiger partial charge is 0.0361 e. The summed E-state index contributed by atoms with van der Waals surface area (Å²) in [6.45, 7) is 4.87. The summed E-state index contributed by atoms with van der Waals surface area (Å²) < 4.78 is 2.74. The van der Waals surface area contributed by atoms with Gasteiger partial charge in [0.05, 0.1) is 0 Å². The summed E-state index contributed by atoms with van der Waals surface area (Å²) in [5.74, 6) is 0.297. The summed E-state index contributed by atoms with van der Waals surface area (Å²) >= 11 is 1.92. The maximum atomic E-state index is 2.59. The Hall–Kier alpha value is -6.28. The second kappa shape index (κ2) is 11.9. The fraction of sp³-hybridized carbons (Fsp3) is 0.0909. The molecule has 0 N–H and O–H groups in total. The molecule has 0 fully saturated rings. The van der Waals surface area contributed by atoms with Crippen LogP contribution in [0.25, 0.3) is 91.1 Å². The molecule has 9 aromatic carbocycles. The Kier molecular flexibility index (Phi) is 6.78. The summed E-state index contributed by atoms with van der Waals surface area (Å²) in [5, 5.41) is 13.2. The van der Waals surface area contributed by atoms with Crippen LogP contribution >= 0.6 is 11.3 Å². The van der Waals surface area contributed by atoms with E-state index in [4.69, 9.17) is 0 Å². The van der Waals surface area contributed by atoms with Crippen molar-refractivity contribution in [2.45, 2.75) is 31.6 Å². The van der Waals surface area contributed by atoms with Gasteiger partial charge in [-0.05, 0) is 124 Å². The highest BCUT2D eigenvalue weighted by molar-refractivity contribution is 7.25. The van der Waals surface area contributed by atoms with E-state index in [1.165, 1.54) is 113 Å². The molecule has 0 saturated carbocycles. The number of rotatable bonds is 3. The van der Waals surface area contributed by atoms with Gasteiger partial charge >= 0.3 is 0 Å². The molecule has 12 rings (SSSR count). The molecule has 0 amide bonds. The highest BCUT2D eigenvalue weighted by atomic mass is 32.1. The Balaban J connectivity index is 0.996. The molecule has 1 heteroatoms. The molecule has 0 saturated heterocycles. The third-order valence-corrected chi connectivity index (χ3v) is 14.0. The summed E-state index contributed by atoms with van der Waals surface area (Å²) in [7, 11) is 0. The lowest BCUT2D eigenvalue weighted by molar-refractivity contribution is 0.656. The van der Waals surface area contributed by atoms with Crippen LogP contribution in [-0.2, 0) is 5.41 Å². The topological polar surface area (TPSA) is 0 Å². The van der Waals surface area contributed by atoms with Crippen LogP contribution in [0, 0.1) is 0 Å². The minimum Gasteiger partial charge on any atom is -0.135 e. The number of benzene rings is 9. The van der Waals surface area contributed by atoms with Gasteiger partial charge in [0.25, 0.3) is 0 Å². The van der Waals surface area contributed by atoms with Gasteiger partial charge in [-0.3, -0.25) is 0 Å². The van der Waals surface area contributed by atoms with E-state index in [0.29, 0.717) is 5.92 Å². The molecule has 2 aliphatic rings. The molecule has 56 heavy (non-hydrogen) atoms. The summed E-state index contributed by atoms with van der Waals surface area (Å²) in [6, 6.07) is 61.6. The first-order chi connectivity index (χ1) is 27.5. The predicted octanol–water partition coefficient (Wildman–Crippen LogP) is 15.8. The van der Waals surface area contributed by atoms with Gasteiger partial charge in [0, 0.05) is 31.5 Å². The molecule has 1 unspecified atom stereocenters. The molecular formula is C55H38S. The minimum atomic E-state index is -0.0670. The van der Waals surface area contributed by atoms with Crippen LogP contribution in [-0.4, -0.2) is 0 Å². The molecule has 0 nitrogen and oxygen atoms in total. The minimum absolute atomic E-state index is 0.0670. The van der Waals surface area contributed by atoms with E-state index < -0.39 is 0 Å². The van der Waals surface area contributed by atoms with Gasteiger partial charge in [-0.25, -0.2) is 0 Å². The van der Waals surface area contributed by atoms with Crippen LogP contribution in [0.2, 0.25) is 0 Å². The normalized spacial score (nSPS) is 16.1. The van der Waals surface area contributed by atoms with Crippen molar-refractivity contribution in [1.82, 2.24) is 0 Å². The van der Waals surface area contributed by atoms with Gasteiger partial charge in [0.15, 0.2) is 0 Å². The van der Waals surface area contributed by atoms with Crippen molar-refractivity contribution in [2.75, 3.05) is 0 Å².